The molecule has 3 rings (SSSR count). The van der Waals surface area contributed by atoms with Gasteiger partial charge in [0.1, 0.15) is 0 Å². The van der Waals surface area contributed by atoms with Gasteiger partial charge in [0.15, 0.2) is 0 Å². The van der Waals surface area contributed by atoms with Gasteiger partial charge in [0, 0.05) is 5.69 Å². The summed E-state index contributed by atoms with van der Waals surface area (Å²) in [6.45, 7) is 3.56. The molecule has 0 bridgehead atoms. The van der Waals surface area contributed by atoms with Crippen LogP contribution in [0.25, 0.3) is 0 Å². The summed E-state index contributed by atoms with van der Waals surface area (Å²) >= 11 is 0. The third kappa shape index (κ3) is 2.24. The summed E-state index contributed by atoms with van der Waals surface area (Å²) in [6, 6.07) is 17.2. The summed E-state index contributed by atoms with van der Waals surface area (Å²) in [5, 5.41) is 3.55. The van der Waals surface area contributed by atoms with E-state index in [2.05, 4.69) is 60.8 Å². The highest BCUT2D eigenvalue weighted by molar-refractivity contribution is 5.48. The zero-order chi connectivity index (χ0) is 12.4. The highest BCUT2D eigenvalue weighted by atomic mass is 16.5. The van der Waals surface area contributed by atoms with E-state index in [4.69, 9.17) is 4.74 Å². The van der Waals surface area contributed by atoms with Gasteiger partial charge in [0.2, 0.25) is 0 Å². The first-order valence-corrected chi connectivity index (χ1v) is 6.32. The summed E-state index contributed by atoms with van der Waals surface area (Å²) in [5.41, 5.74) is 5.06. The molecular formula is C16H17NO. The number of rotatable bonds is 2. The van der Waals surface area contributed by atoms with E-state index >= 15 is 0 Å². The van der Waals surface area contributed by atoms with Crippen molar-refractivity contribution in [2.24, 2.45) is 0 Å². The van der Waals surface area contributed by atoms with Crippen LogP contribution in [0.3, 0.4) is 0 Å². The van der Waals surface area contributed by atoms with E-state index < -0.39 is 0 Å². The molecule has 0 fully saturated rings. The summed E-state index contributed by atoms with van der Waals surface area (Å²) < 4.78 is 5.65. The van der Waals surface area contributed by atoms with Crippen LogP contribution < -0.4 is 5.32 Å². The normalized spacial score (nSPS) is 18.2. The lowest BCUT2D eigenvalue weighted by molar-refractivity contribution is 0.0970. The zero-order valence-corrected chi connectivity index (χ0v) is 10.5. The van der Waals surface area contributed by atoms with Crippen molar-refractivity contribution in [3.63, 3.8) is 0 Å². The summed E-state index contributed by atoms with van der Waals surface area (Å²) in [7, 11) is 0. The average Bonchev–Trinajstić information content (AvgIpc) is 2.39. The van der Waals surface area contributed by atoms with Crippen molar-refractivity contribution in [3.05, 3.63) is 65.2 Å². The van der Waals surface area contributed by atoms with Gasteiger partial charge in [-0.15, -0.1) is 0 Å². The highest BCUT2D eigenvalue weighted by Crippen LogP contribution is 2.27. The van der Waals surface area contributed by atoms with Crippen molar-refractivity contribution < 1.29 is 4.74 Å². The van der Waals surface area contributed by atoms with Crippen molar-refractivity contribution in [2.75, 3.05) is 11.9 Å². The lowest BCUT2D eigenvalue weighted by atomic mass is 9.99. The Hall–Kier alpha value is -1.80. The number of hydrogen-bond acceptors (Lipinski definition) is 2. The van der Waals surface area contributed by atoms with Crippen molar-refractivity contribution in [1.29, 1.82) is 0 Å². The standard InChI is InChI=1S/C16H17NO/c1-12-5-4-7-14(9-12)17-16-11-18-10-13-6-2-3-8-15(13)16/h2-9,16-17H,10-11H2,1H3. The fourth-order valence-corrected chi connectivity index (χ4v) is 2.44. The Kier molecular flexibility index (Phi) is 3.03. The van der Waals surface area contributed by atoms with Crippen LogP contribution in [-0.4, -0.2) is 6.61 Å². The van der Waals surface area contributed by atoms with E-state index in [0.717, 1.165) is 18.9 Å². The number of aryl methyl sites for hydroxylation is 1. The molecule has 0 amide bonds. The summed E-state index contributed by atoms with van der Waals surface area (Å²) in [4.78, 5) is 0. The largest absolute Gasteiger partial charge is 0.376 e. The molecule has 0 spiro atoms. The number of nitrogens with one attached hydrogen (secondary N) is 1. The fraction of sp³-hybridized carbons (Fsp3) is 0.250. The molecule has 2 aromatic carbocycles. The van der Waals surface area contributed by atoms with Gasteiger partial charge < -0.3 is 10.1 Å². The second-order valence-corrected chi connectivity index (χ2v) is 4.78. The molecule has 92 valence electrons. The maximum absolute atomic E-state index is 5.65. The monoisotopic (exact) mass is 239 g/mol. The number of benzene rings is 2. The molecule has 1 atom stereocenters. The molecule has 1 N–H and O–H groups in total. The molecule has 18 heavy (non-hydrogen) atoms. The first-order valence-electron chi connectivity index (χ1n) is 6.32. The van der Waals surface area contributed by atoms with E-state index in [-0.39, 0.29) is 6.04 Å². The molecule has 0 aliphatic carbocycles. The van der Waals surface area contributed by atoms with Crippen molar-refractivity contribution in [3.8, 4) is 0 Å². The average molecular weight is 239 g/mol. The Morgan fingerprint density at radius 1 is 1.11 bits per heavy atom. The Morgan fingerprint density at radius 3 is 2.89 bits per heavy atom. The molecule has 1 unspecified atom stereocenters. The fourth-order valence-electron chi connectivity index (χ4n) is 2.44. The second-order valence-electron chi connectivity index (χ2n) is 4.78. The van der Waals surface area contributed by atoms with E-state index in [1.165, 1.54) is 16.7 Å². The van der Waals surface area contributed by atoms with Crippen molar-refractivity contribution >= 4 is 5.69 Å². The highest BCUT2D eigenvalue weighted by Gasteiger charge is 2.19. The molecule has 0 saturated heterocycles. The van der Waals surface area contributed by atoms with Crippen LogP contribution in [-0.2, 0) is 11.3 Å². The number of ether oxygens (including phenoxy) is 1. The van der Waals surface area contributed by atoms with E-state index in [9.17, 15) is 0 Å². The van der Waals surface area contributed by atoms with Crippen LogP contribution in [0.5, 0.6) is 0 Å². The first kappa shape index (κ1) is 11.3. The molecule has 1 heterocycles. The van der Waals surface area contributed by atoms with Crippen LogP contribution in [0.15, 0.2) is 48.5 Å². The molecule has 0 saturated carbocycles. The van der Waals surface area contributed by atoms with Crippen molar-refractivity contribution in [2.45, 2.75) is 19.6 Å². The van der Waals surface area contributed by atoms with Crippen LogP contribution in [0, 0.1) is 6.92 Å². The van der Waals surface area contributed by atoms with E-state index in [1.807, 2.05) is 0 Å². The Bertz CT molecular complexity index is 550. The molecule has 1 aliphatic heterocycles. The minimum Gasteiger partial charge on any atom is -0.376 e. The van der Waals surface area contributed by atoms with Gasteiger partial charge in [-0.25, -0.2) is 0 Å². The van der Waals surface area contributed by atoms with Gasteiger partial charge in [-0.05, 0) is 35.7 Å². The lowest BCUT2D eigenvalue weighted by Crippen LogP contribution is -2.23. The van der Waals surface area contributed by atoms with Gasteiger partial charge in [0.05, 0.1) is 19.3 Å². The van der Waals surface area contributed by atoms with Gasteiger partial charge in [-0.2, -0.15) is 0 Å². The quantitative estimate of drug-likeness (QED) is 0.863. The Balaban J connectivity index is 1.86. The SMILES string of the molecule is Cc1cccc(NC2COCc3ccccc32)c1. The zero-order valence-electron chi connectivity index (χ0n) is 10.5. The van der Waals surface area contributed by atoms with E-state index in [0.29, 0.717) is 0 Å². The van der Waals surface area contributed by atoms with Gasteiger partial charge >= 0.3 is 0 Å². The Morgan fingerprint density at radius 2 is 2.00 bits per heavy atom. The molecule has 0 aromatic heterocycles. The molecular weight excluding hydrogens is 222 g/mol. The van der Waals surface area contributed by atoms with Gasteiger partial charge in [-0.1, -0.05) is 36.4 Å². The molecule has 2 heteroatoms. The predicted molar refractivity (Wildman–Crippen MR) is 73.6 cm³/mol. The maximum Gasteiger partial charge on any atom is 0.0751 e. The maximum atomic E-state index is 5.65. The van der Waals surface area contributed by atoms with Crippen LogP contribution in [0.4, 0.5) is 5.69 Å². The topological polar surface area (TPSA) is 21.3 Å². The van der Waals surface area contributed by atoms with Gasteiger partial charge in [-0.3, -0.25) is 0 Å². The molecule has 2 aromatic rings. The molecule has 2 nitrogen and oxygen atoms in total. The van der Waals surface area contributed by atoms with E-state index in [1.54, 1.807) is 0 Å². The predicted octanol–water partition coefficient (Wildman–Crippen LogP) is 3.68. The van der Waals surface area contributed by atoms with Crippen LogP contribution in [0.1, 0.15) is 22.7 Å². The minimum absolute atomic E-state index is 0.247. The lowest BCUT2D eigenvalue weighted by Gasteiger charge is -2.27. The Labute approximate surface area is 108 Å². The summed E-state index contributed by atoms with van der Waals surface area (Å²) in [5.74, 6) is 0. The molecule has 1 aliphatic rings. The molecule has 0 radical (unpaired) electrons. The van der Waals surface area contributed by atoms with Gasteiger partial charge in [0.25, 0.3) is 0 Å². The minimum atomic E-state index is 0.247. The number of fused-ring (bicyclic) bond motifs is 1. The van der Waals surface area contributed by atoms with Crippen LogP contribution >= 0.6 is 0 Å². The first-order chi connectivity index (χ1) is 8.83. The summed E-state index contributed by atoms with van der Waals surface area (Å²) in [6.07, 6.45) is 0. The second kappa shape index (κ2) is 4.83. The third-order valence-electron chi connectivity index (χ3n) is 3.33. The number of anilines is 1. The van der Waals surface area contributed by atoms with Crippen LogP contribution in [0.2, 0.25) is 0 Å². The van der Waals surface area contributed by atoms with Crippen molar-refractivity contribution in [1.82, 2.24) is 0 Å². The number of hydrogen-bond donors (Lipinski definition) is 1. The smallest absolute Gasteiger partial charge is 0.0751 e. The third-order valence-corrected chi connectivity index (χ3v) is 3.33.